The van der Waals surface area contributed by atoms with E-state index in [4.69, 9.17) is 0 Å². The van der Waals surface area contributed by atoms with Crippen LogP contribution < -0.4 is 4.74 Å². The SMILES string of the molecule is FC(F)(F)Oc1ccc(-c2ccc(-n3ccnc3-c3ccccc3C(F)(F)F)cc2)cc1. The molecule has 4 rings (SSSR count). The summed E-state index contributed by atoms with van der Waals surface area (Å²) in [5, 5.41) is 0. The van der Waals surface area contributed by atoms with Crippen LogP contribution in [0.5, 0.6) is 5.75 Å². The Bertz CT molecular complexity index is 1210. The molecule has 3 nitrogen and oxygen atoms in total. The monoisotopic (exact) mass is 448 g/mol. The van der Waals surface area contributed by atoms with E-state index in [0.29, 0.717) is 16.8 Å². The Morgan fingerprint density at radius 1 is 0.719 bits per heavy atom. The van der Waals surface area contributed by atoms with Gasteiger partial charge in [0.2, 0.25) is 0 Å². The van der Waals surface area contributed by atoms with Gasteiger partial charge in [0, 0.05) is 23.6 Å². The fraction of sp³-hybridized carbons (Fsp3) is 0.0870. The smallest absolute Gasteiger partial charge is 0.406 e. The zero-order valence-electron chi connectivity index (χ0n) is 16.2. The Morgan fingerprint density at radius 3 is 1.91 bits per heavy atom. The van der Waals surface area contributed by atoms with Crippen molar-refractivity contribution in [3.63, 3.8) is 0 Å². The predicted molar refractivity (Wildman–Crippen MR) is 106 cm³/mol. The van der Waals surface area contributed by atoms with E-state index in [1.165, 1.54) is 53.2 Å². The third kappa shape index (κ3) is 4.61. The number of imidazole rings is 1. The number of hydrogen-bond donors (Lipinski definition) is 0. The van der Waals surface area contributed by atoms with Crippen molar-refractivity contribution >= 4 is 0 Å². The van der Waals surface area contributed by atoms with Gasteiger partial charge in [-0.2, -0.15) is 13.2 Å². The topological polar surface area (TPSA) is 27.1 Å². The van der Waals surface area contributed by atoms with Crippen LogP contribution in [-0.2, 0) is 6.18 Å². The van der Waals surface area contributed by atoms with Gasteiger partial charge in [-0.05, 0) is 41.5 Å². The van der Waals surface area contributed by atoms with E-state index in [9.17, 15) is 26.3 Å². The Balaban J connectivity index is 1.63. The van der Waals surface area contributed by atoms with Gasteiger partial charge in [0.15, 0.2) is 0 Å². The average Bonchev–Trinajstić information content (AvgIpc) is 3.22. The van der Waals surface area contributed by atoms with Crippen molar-refractivity contribution in [2.45, 2.75) is 12.5 Å². The summed E-state index contributed by atoms with van der Waals surface area (Å²) in [6, 6.07) is 17.4. The third-order valence-electron chi connectivity index (χ3n) is 4.68. The van der Waals surface area contributed by atoms with Crippen LogP contribution in [0.4, 0.5) is 26.3 Å². The van der Waals surface area contributed by atoms with Crippen molar-refractivity contribution in [3.8, 4) is 34.0 Å². The van der Waals surface area contributed by atoms with Crippen molar-refractivity contribution in [1.82, 2.24) is 9.55 Å². The fourth-order valence-corrected chi connectivity index (χ4v) is 3.30. The minimum absolute atomic E-state index is 0.0469. The number of rotatable bonds is 4. The van der Waals surface area contributed by atoms with Gasteiger partial charge >= 0.3 is 12.5 Å². The highest BCUT2D eigenvalue weighted by Crippen LogP contribution is 2.37. The molecule has 0 saturated heterocycles. The molecule has 0 amide bonds. The van der Waals surface area contributed by atoms with Gasteiger partial charge in [-0.1, -0.05) is 42.5 Å². The zero-order chi connectivity index (χ0) is 22.9. The highest BCUT2D eigenvalue weighted by Gasteiger charge is 2.34. The number of nitrogens with zero attached hydrogens (tertiary/aromatic N) is 2. The molecule has 0 aliphatic rings. The van der Waals surface area contributed by atoms with Crippen molar-refractivity contribution in [1.29, 1.82) is 0 Å². The largest absolute Gasteiger partial charge is 0.573 e. The number of halogens is 6. The summed E-state index contributed by atoms with van der Waals surface area (Å²) < 4.78 is 82.6. The van der Waals surface area contributed by atoms with Crippen LogP contribution in [0.25, 0.3) is 28.2 Å². The van der Waals surface area contributed by atoms with Crippen molar-refractivity contribution in [2.75, 3.05) is 0 Å². The summed E-state index contributed by atoms with van der Waals surface area (Å²) in [4.78, 5) is 4.11. The first kappa shape index (κ1) is 21.5. The molecule has 0 aliphatic carbocycles. The molecular formula is C23H14F6N2O. The van der Waals surface area contributed by atoms with Crippen LogP contribution >= 0.6 is 0 Å². The van der Waals surface area contributed by atoms with Crippen molar-refractivity contribution in [2.24, 2.45) is 0 Å². The highest BCUT2D eigenvalue weighted by atomic mass is 19.4. The number of aromatic nitrogens is 2. The summed E-state index contributed by atoms with van der Waals surface area (Å²) in [5.41, 5.74) is 1.11. The van der Waals surface area contributed by atoms with Gasteiger partial charge in [0.05, 0.1) is 5.56 Å². The number of alkyl halides is 6. The van der Waals surface area contributed by atoms with E-state index in [1.807, 2.05) is 0 Å². The first-order valence-corrected chi connectivity index (χ1v) is 9.28. The lowest BCUT2D eigenvalue weighted by molar-refractivity contribution is -0.274. The maximum Gasteiger partial charge on any atom is 0.573 e. The third-order valence-corrected chi connectivity index (χ3v) is 4.68. The van der Waals surface area contributed by atoms with Gasteiger partial charge in [-0.25, -0.2) is 4.98 Å². The maximum atomic E-state index is 13.4. The predicted octanol–water partition coefficient (Wildman–Crippen LogP) is 7.12. The van der Waals surface area contributed by atoms with Crippen LogP contribution in [-0.4, -0.2) is 15.9 Å². The van der Waals surface area contributed by atoms with Crippen LogP contribution in [0.15, 0.2) is 85.2 Å². The molecule has 0 aliphatic heterocycles. The van der Waals surface area contributed by atoms with Gasteiger partial charge < -0.3 is 4.74 Å². The quantitative estimate of drug-likeness (QED) is 0.311. The van der Waals surface area contributed by atoms with Crippen molar-refractivity contribution in [3.05, 3.63) is 90.8 Å². The Labute approximate surface area is 178 Å². The van der Waals surface area contributed by atoms with Crippen LogP contribution in [0, 0.1) is 0 Å². The number of hydrogen-bond acceptors (Lipinski definition) is 2. The molecule has 0 atom stereocenters. The van der Waals surface area contributed by atoms with Crippen LogP contribution in [0.1, 0.15) is 5.56 Å². The molecule has 0 bridgehead atoms. The molecule has 1 aromatic heterocycles. The molecule has 0 N–H and O–H groups in total. The fourth-order valence-electron chi connectivity index (χ4n) is 3.30. The van der Waals surface area contributed by atoms with E-state index < -0.39 is 18.1 Å². The van der Waals surface area contributed by atoms with E-state index in [1.54, 1.807) is 30.5 Å². The second-order valence-corrected chi connectivity index (χ2v) is 6.78. The minimum Gasteiger partial charge on any atom is -0.406 e. The van der Waals surface area contributed by atoms with Crippen LogP contribution in [0.3, 0.4) is 0 Å². The lowest BCUT2D eigenvalue weighted by Crippen LogP contribution is -2.16. The molecule has 3 aromatic carbocycles. The van der Waals surface area contributed by atoms with Gasteiger partial charge in [-0.15, -0.1) is 13.2 Å². The minimum atomic E-state index is -4.77. The second kappa shape index (κ2) is 8.07. The Hall–Kier alpha value is -3.75. The Morgan fingerprint density at radius 2 is 1.31 bits per heavy atom. The summed E-state index contributed by atoms with van der Waals surface area (Å²) in [6.07, 6.45) is -6.33. The molecular weight excluding hydrogens is 434 g/mol. The molecule has 0 unspecified atom stereocenters. The van der Waals surface area contributed by atoms with E-state index in [0.717, 1.165) is 6.07 Å². The normalized spacial score (nSPS) is 12.1. The Kier molecular flexibility index (Phi) is 5.41. The first-order chi connectivity index (χ1) is 15.1. The van der Waals surface area contributed by atoms with E-state index in [-0.39, 0.29) is 17.1 Å². The summed E-state index contributed by atoms with van der Waals surface area (Å²) in [6.45, 7) is 0. The number of ether oxygens (including phenoxy) is 1. The first-order valence-electron chi connectivity index (χ1n) is 9.28. The summed E-state index contributed by atoms with van der Waals surface area (Å²) in [5.74, 6) is -0.191. The molecule has 0 saturated carbocycles. The van der Waals surface area contributed by atoms with Crippen molar-refractivity contribution < 1.29 is 31.1 Å². The molecule has 0 fully saturated rings. The lowest BCUT2D eigenvalue weighted by Gasteiger charge is -2.14. The maximum absolute atomic E-state index is 13.4. The zero-order valence-corrected chi connectivity index (χ0v) is 16.2. The van der Waals surface area contributed by atoms with Gasteiger partial charge in [0.25, 0.3) is 0 Å². The standard InChI is InChI=1S/C23H14F6N2O/c24-22(25,26)20-4-2-1-3-19(20)21-30-13-14-31(21)17-9-5-15(6-10-17)16-7-11-18(12-8-16)32-23(27,28)29/h1-14H. The second-order valence-electron chi connectivity index (χ2n) is 6.78. The van der Waals surface area contributed by atoms with Gasteiger partial charge in [0.1, 0.15) is 11.6 Å². The summed E-state index contributed by atoms with van der Waals surface area (Å²) in [7, 11) is 0. The molecule has 9 heteroatoms. The molecule has 4 aromatic rings. The van der Waals surface area contributed by atoms with E-state index >= 15 is 0 Å². The van der Waals surface area contributed by atoms with E-state index in [2.05, 4.69) is 9.72 Å². The van der Waals surface area contributed by atoms with Crippen LogP contribution in [0.2, 0.25) is 0 Å². The highest BCUT2D eigenvalue weighted by molar-refractivity contribution is 5.67. The molecule has 0 spiro atoms. The lowest BCUT2D eigenvalue weighted by atomic mass is 10.0. The molecule has 32 heavy (non-hydrogen) atoms. The molecule has 1 heterocycles. The summed E-state index contributed by atoms with van der Waals surface area (Å²) >= 11 is 0. The molecule has 164 valence electrons. The molecule has 0 radical (unpaired) electrons. The average molecular weight is 448 g/mol. The van der Waals surface area contributed by atoms with Gasteiger partial charge in [-0.3, -0.25) is 4.57 Å². The number of benzene rings is 3.